The lowest BCUT2D eigenvalue weighted by atomic mass is 10.1. The fourth-order valence-corrected chi connectivity index (χ4v) is 2.22. The Hall–Kier alpha value is -2.35. The van der Waals surface area contributed by atoms with Crippen LogP contribution in [0.4, 0.5) is 5.69 Å². The zero-order valence-corrected chi connectivity index (χ0v) is 12.4. The zero-order chi connectivity index (χ0) is 15.1. The molecule has 0 saturated heterocycles. The first-order valence-corrected chi connectivity index (χ1v) is 7.36. The molecule has 2 heteroatoms. The first kappa shape index (κ1) is 15.0. The van der Waals surface area contributed by atoms with E-state index in [2.05, 4.69) is 31.0 Å². The van der Waals surface area contributed by atoms with Gasteiger partial charge in [0, 0.05) is 11.3 Å². The fourth-order valence-electron chi connectivity index (χ4n) is 2.22. The Bertz CT molecular complexity index is 614. The number of hydrogen-bond donors (Lipinski definition) is 1. The maximum Gasteiger partial charge on any atom is 0.256 e. The Kier molecular flexibility index (Phi) is 5.33. The molecule has 0 aromatic heterocycles. The zero-order valence-electron chi connectivity index (χ0n) is 12.4. The summed E-state index contributed by atoms with van der Waals surface area (Å²) in [6.07, 6.45) is 5.17. The van der Waals surface area contributed by atoms with Crippen molar-refractivity contribution in [1.29, 1.82) is 0 Å². The highest BCUT2D eigenvalue weighted by atomic mass is 16.1. The maximum atomic E-state index is 12.3. The summed E-state index contributed by atoms with van der Waals surface area (Å²) in [5, 5.41) is 2.93. The molecule has 1 amide bonds. The lowest BCUT2D eigenvalue weighted by Crippen LogP contribution is -2.13. The van der Waals surface area contributed by atoms with Gasteiger partial charge in [0.15, 0.2) is 0 Å². The first-order valence-electron chi connectivity index (χ1n) is 7.36. The molecule has 0 fully saturated rings. The minimum absolute atomic E-state index is 0.105. The minimum Gasteiger partial charge on any atom is -0.322 e. The van der Waals surface area contributed by atoms with Gasteiger partial charge in [-0.1, -0.05) is 56.3 Å². The van der Waals surface area contributed by atoms with Gasteiger partial charge in [-0.3, -0.25) is 4.79 Å². The number of nitrogens with one attached hydrogen (secondary N) is 1. The van der Waals surface area contributed by atoms with Crippen LogP contribution in [0.25, 0.3) is 6.08 Å². The normalized spacial score (nSPS) is 10.1. The van der Waals surface area contributed by atoms with Gasteiger partial charge in [-0.2, -0.15) is 0 Å². The van der Waals surface area contributed by atoms with Gasteiger partial charge >= 0.3 is 0 Å². The van der Waals surface area contributed by atoms with Crippen molar-refractivity contribution in [2.75, 3.05) is 5.32 Å². The van der Waals surface area contributed by atoms with Crippen LogP contribution in [0.5, 0.6) is 0 Å². The van der Waals surface area contributed by atoms with E-state index in [9.17, 15) is 4.79 Å². The van der Waals surface area contributed by atoms with Crippen LogP contribution in [0.1, 0.15) is 41.3 Å². The van der Waals surface area contributed by atoms with Crippen LogP contribution in [0.2, 0.25) is 0 Å². The molecule has 2 rings (SSSR count). The van der Waals surface area contributed by atoms with E-state index in [-0.39, 0.29) is 5.91 Å². The first-order chi connectivity index (χ1) is 10.2. The highest BCUT2D eigenvalue weighted by molar-refractivity contribution is 6.06. The van der Waals surface area contributed by atoms with Crippen LogP contribution >= 0.6 is 0 Å². The highest BCUT2D eigenvalue weighted by Gasteiger charge is 2.09. The molecule has 0 aliphatic rings. The van der Waals surface area contributed by atoms with Gasteiger partial charge in [-0.05, 0) is 42.2 Å². The van der Waals surface area contributed by atoms with Crippen molar-refractivity contribution in [3.05, 3.63) is 71.8 Å². The van der Waals surface area contributed by atoms with Crippen LogP contribution in [-0.2, 0) is 6.42 Å². The number of aryl methyl sites for hydroxylation is 1. The van der Waals surface area contributed by atoms with E-state index in [0.29, 0.717) is 5.56 Å². The molecular formula is C19H21NO. The summed E-state index contributed by atoms with van der Waals surface area (Å²) in [6.45, 7) is 5.93. The third-order valence-electron chi connectivity index (χ3n) is 3.46. The predicted octanol–water partition coefficient (Wildman–Crippen LogP) is 4.92. The van der Waals surface area contributed by atoms with Gasteiger partial charge in [0.05, 0.1) is 0 Å². The molecule has 0 aliphatic heterocycles. The van der Waals surface area contributed by atoms with Crippen molar-refractivity contribution in [1.82, 2.24) is 0 Å². The summed E-state index contributed by atoms with van der Waals surface area (Å²) in [4.78, 5) is 12.3. The number of carbonyl (C=O) groups is 1. The van der Waals surface area contributed by atoms with Gasteiger partial charge < -0.3 is 5.32 Å². The molecule has 0 unspecified atom stereocenters. The SMILES string of the molecule is C=Cc1ccccc1C(=O)Nc1ccc(CCCC)cc1. The molecular weight excluding hydrogens is 258 g/mol. The van der Waals surface area contributed by atoms with E-state index in [4.69, 9.17) is 0 Å². The van der Waals surface area contributed by atoms with E-state index in [0.717, 1.165) is 17.7 Å². The molecule has 1 N–H and O–H groups in total. The van der Waals surface area contributed by atoms with Crippen molar-refractivity contribution >= 4 is 17.7 Å². The molecule has 2 aromatic carbocycles. The summed E-state index contributed by atoms with van der Waals surface area (Å²) in [5.74, 6) is -0.105. The Morgan fingerprint density at radius 1 is 1.14 bits per heavy atom. The molecule has 2 nitrogen and oxygen atoms in total. The predicted molar refractivity (Wildman–Crippen MR) is 89.5 cm³/mol. The van der Waals surface area contributed by atoms with Gasteiger partial charge in [0.25, 0.3) is 5.91 Å². The monoisotopic (exact) mass is 279 g/mol. The van der Waals surface area contributed by atoms with Crippen molar-refractivity contribution in [3.63, 3.8) is 0 Å². The number of carbonyl (C=O) groups excluding carboxylic acids is 1. The van der Waals surface area contributed by atoms with Gasteiger partial charge in [0.1, 0.15) is 0 Å². The van der Waals surface area contributed by atoms with E-state index in [1.807, 2.05) is 36.4 Å². The molecule has 21 heavy (non-hydrogen) atoms. The van der Waals surface area contributed by atoms with E-state index in [1.165, 1.54) is 18.4 Å². The topological polar surface area (TPSA) is 29.1 Å². The smallest absolute Gasteiger partial charge is 0.256 e. The average Bonchev–Trinajstić information content (AvgIpc) is 2.54. The summed E-state index contributed by atoms with van der Waals surface area (Å²) >= 11 is 0. The van der Waals surface area contributed by atoms with Crippen molar-refractivity contribution in [2.45, 2.75) is 26.2 Å². The van der Waals surface area contributed by atoms with Crippen LogP contribution in [0, 0.1) is 0 Å². The largest absolute Gasteiger partial charge is 0.322 e. The molecule has 0 atom stereocenters. The molecule has 0 heterocycles. The standard InChI is InChI=1S/C19H21NO/c1-3-5-8-15-11-13-17(14-12-15)20-19(21)18-10-7-6-9-16(18)4-2/h4,6-7,9-14H,2-3,5,8H2,1H3,(H,20,21). The molecule has 0 aliphatic carbocycles. The maximum absolute atomic E-state index is 12.3. The molecule has 0 saturated carbocycles. The number of rotatable bonds is 6. The van der Waals surface area contributed by atoms with Crippen LogP contribution in [0.3, 0.4) is 0 Å². The van der Waals surface area contributed by atoms with Crippen LogP contribution in [-0.4, -0.2) is 5.91 Å². The minimum atomic E-state index is -0.105. The number of hydrogen-bond acceptors (Lipinski definition) is 1. The van der Waals surface area contributed by atoms with E-state index < -0.39 is 0 Å². The summed E-state index contributed by atoms with van der Waals surface area (Å²) in [6, 6.07) is 15.5. The number of benzene rings is 2. The summed E-state index contributed by atoms with van der Waals surface area (Å²) in [5.41, 5.74) is 3.61. The average molecular weight is 279 g/mol. The Labute approximate surface area is 126 Å². The summed E-state index contributed by atoms with van der Waals surface area (Å²) < 4.78 is 0. The molecule has 0 radical (unpaired) electrons. The Morgan fingerprint density at radius 3 is 2.52 bits per heavy atom. The lowest BCUT2D eigenvalue weighted by Gasteiger charge is -2.08. The second-order valence-corrected chi connectivity index (χ2v) is 5.05. The summed E-state index contributed by atoms with van der Waals surface area (Å²) in [7, 11) is 0. The van der Waals surface area contributed by atoms with E-state index >= 15 is 0 Å². The van der Waals surface area contributed by atoms with Crippen molar-refractivity contribution in [3.8, 4) is 0 Å². The number of unbranched alkanes of at least 4 members (excludes halogenated alkanes) is 1. The Morgan fingerprint density at radius 2 is 1.86 bits per heavy atom. The number of amides is 1. The van der Waals surface area contributed by atoms with Gasteiger partial charge in [-0.15, -0.1) is 0 Å². The fraction of sp³-hybridized carbons (Fsp3) is 0.211. The van der Waals surface area contributed by atoms with Gasteiger partial charge in [-0.25, -0.2) is 0 Å². The lowest BCUT2D eigenvalue weighted by molar-refractivity contribution is 0.102. The quantitative estimate of drug-likeness (QED) is 0.798. The van der Waals surface area contributed by atoms with Gasteiger partial charge in [0.2, 0.25) is 0 Å². The third kappa shape index (κ3) is 4.06. The third-order valence-corrected chi connectivity index (χ3v) is 3.46. The molecule has 0 spiro atoms. The molecule has 108 valence electrons. The molecule has 0 bridgehead atoms. The van der Waals surface area contributed by atoms with E-state index in [1.54, 1.807) is 6.08 Å². The van der Waals surface area contributed by atoms with Crippen molar-refractivity contribution < 1.29 is 4.79 Å². The second-order valence-electron chi connectivity index (χ2n) is 5.05. The van der Waals surface area contributed by atoms with Crippen LogP contribution < -0.4 is 5.32 Å². The Balaban J connectivity index is 2.07. The van der Waals surface area contributed by atoms with Crippen LogP contribution in [0.15, 0.2) is 55.1 Å². The number of anilines is 1. The molecule has 2 aromatic rings. The second kappa shape index (κ2) is 7.44. The van der Waals surface area contributed by atoms with Crippen molar-refractivity contribution in [2.24, 2.45) is 0 Å². The highest BCUT2D eigenvalue weighted by Crippen LogP contribution is 2.15.